The van der Waals surface area contributed by atoms with Crippen molar-refractivity contribution in [3.8, 4) is 0 Å². The summed E-state index contributed by atoms with van der Waals surface area (Å²) in [6, 6.07) is 8.25. The van der Waals surface area contributed by atoms with Gasteiger partial charge >= 0.3 is 0 Å². The first kappa shape index (κ1) is 12.6. The van der Waals surface area contributed by atoms with Crippen molar-refractivity contribution in [2.45, 2.75) is 13.8 Å². The van der Waals surface area contributed by atoms with E-state index in [1.54, 1.807) is 6.20 Å². The monoisotopic (exact) mass is 354 g/mol. The molecule has 0 aliphatic rings. The van der Waals surface area contributed by atoms with Crippen molar-refractivity contribution in [3.05, 3.63) is 50.5 Å². The van der Waals surface area contributed by atoms with E-state index in [-0.39, 0.29) is 0 Å². The van der Waals surface area contributed by atoms with Crippen molar-refractivity contribution in [1.82, 2.24) is 4.98 Å². The maximum Gasteiger partial charge on any atom is 0.133 e. The number of pyridine rings is 1. The van der Waals surface area contributed by atoms with Crippen molar-refractivity contribution < 1.29 is 0 Å². The summed E-state index contributed by atoms with van der Waals surface area (Å²) in [5.74, 6) is 0.880. The van der Waals surface area contributed by atoms with Gasteiger partial charge in [-0.25, -0.2) is 4.98 Å². The van der Waals surface area contributed by atoms with Crippen molar-refractivity contribution in [2.24, 2.45) is 0 Å². The highest BCUT2D eigenvalue weighted by Gasteiger charge is 2.02. The highest BCUT2D eigenvalue weighted by Crippen LogP contribution is 2.24. The van der Waals surface area contributed by atoms with Gasteiger partial charge in [0.05, 0.1) is 0 Å². The number of nitrogens with one attached hydrogen (secondary N) is 1. The summed E-state index contributed by atoms with van der Waals surface area (Å²) < 4.78 is 2.06. The van der Waals surface area contributed by atoms with Crippen LogP contribution in [0.2, 0.25) is 0 Å². The molecule has 0 saturated heterocycles. The molecular weight excluding hydrogens is 344 g/mol. The van der Waals surface area contributed by atoms with Crippen molar-refractivity contribution in [2.75, 3.05) is 5.32 Å². The smallest absolute Gasteiger partial charge is 0.133 e. The second-order valence-electron chi connectivity index (χ2n) is 3.96. The Labute approximate surface area is 118 Å². The lowest BCUT2D eigenvalue weighted by atomic mass is 10.2. The molecule has 88 valence electrons. The third-order valence-electron chi connectivity index (χ3n) is 2.35. The minimum atomic E-state index is 0.880. The summed E-state index contributed by atoms with van der Waals surface area (Å²) in [5.41, 5.74) is 3.35. The van der Waals surface area contributed by atoms with Crippen LogP contribution in [-0.2, 0) is 0 Å². The van der Waals surface area contributed by atoms with Gasteiger partial charge in [0.25, 0.3) is 0 Å². The Morgan fingerprint density at radius 1 is 1.00 bits per heavy atom. The van der Waals surface area contributed by atoms with Crippen molar-refractivity contribution >= 4 is 43.4 Å². The van der Waals surface area contributed by atoms with Gasteiger partial charge in [0.1, 0.15) is 5.82 Å². The molecule has 0 fully saturated rings. The molecule has 1 heterocycles. The molecule has 2 rings (SSSR count). The standard InChI is InChI=1S/C13H12Br2N2/c1-8-3-10(14)6-12(4-8)17-13-9(2)5-11(15)7-16-13/h3-7H,1-2H3,(H,16,17). The fourth-order valence-electron chi connectivity index (χ4n) is 1.62. The number of halogens is 2. The maximum absolute atomic E-state index is 4.36. The fraction of sp³-hybridized carbons (Fsp3) is 0.154. The van der Waals surface area contributed by atoms with Gasteiger partial charge in [-0.05, 0) is 65.2 Å². The molecule has 0 atom stereocenters. The molecule has 0 radical (unpaired) electrons. The number of aryl methyl sites for hydroxylation is 2. The minimum Gasteiger partial charge on any atom is -0.340 e. The van der Waals surface area contributed by atoms with E-state index in [9.17, 15) is 0 Å². The number of nitrogens with zero attached hydrogens (tertiary/aromatic N) is 1. The van der Waals surface area contributed by atoms with E-state index in [1.165, 1.54) is 5.56 Å². The average molecular weight is 356 g/mol. The van der Waals surface area contributed by atoms with E-state index in [0.29, 0.717) is 0 Å². The first-order valence-corrected chi connectivity index (χ1v) is 6.79. The summed E-state index contributed by atoms with van der Waals surface area (Å²) in [6.45, 7) is 4.10. The number of anilines is 2. The third-order valence-corrected chi connectivity index (χ3v) is 3.24. The van der Waals surface area contributed by atoms with Crippen LogP contribution in [-0.4, -0.2) is 4.98 Å². The van der Waals surface area contributed by atoms with Gasteiger partial charge in [0, 0.05) is 20.8 Å². The third kappa shape index (κ3) is 3.30. The zero-order valence-corrected chi connectivity index (χ0v) is 12.8. The summed E-state index contributed by atoms with van der Waals surface area (Å²) in [5, 5.41) is 3.32. The molecule has 0 unspecified atom stereocenters. The van der Waals surface area contributed by atoms with Gasteiger partial charge in [-0.2, -0.15) is 0 Å². The van der Waals surface area contributed by atoms with Crippen LogP contribution in [0.3, 0.4) is 0 Å². The Hall–Kier alpha value is -0.870. The van der Waals surface area contributed by atoms with Gasteiger partial charge in [0.2, 0.25) is 0 Å². The minimum absolute atomic E-state index is 0.880. The Kier molecular flexibility index (Phi) is 3.84. The number of benzene rings is 1. The molecule has 4 heteroatoms. The highest BCUT2D eigenvalue weighted by atomic mass is 79.9. The van der Waals surface area contributed by atoms with Crippen LogP contribution in [0.4, 0.5) is 11.5 Å². The number of aromatic nitrogens is 1. The summed E-state index contributed by atoms with van der Waals surface area (Å²) in [7, 11) is 0. The number of rotatable bonds is 2. The van der Waals surface area contributed by atoms with Crippen LogP contribution in [0.25, 0.3) is 0 Å². The molecule has 1 aromatic heterocycles. The molecule has 0 amide bonds. The van der Waals surface area contributed by atoms with E-state index in [4.69, 9.17) is 0 Å². The number of hydrogen-bond acceptors (Lipinski definition) is 2. The molecule has 0 saturated carbocycles. The molecule has 0 aliphatic carbocycles. The van der Waals surface area contributed by atoms with E-state index in [1.807, 2.05) is 19.1 Å². The summed E-state index contributed by atoms with van der Waals surface area (Å²) in [4.78, 5) is 4.36. The van der Waals surface area contributed by atoms with Crippen LogP contribution in [0.5, 0.6) is 0 Å². The lowest BCUT2D eigenvalue weighted by Gasteiger charge is -2.10. The molecule has 1 aromatic carbocycles. The van der Waals surface area contributed by atoms with E-state index < -0.39 is 0 Å². The lowest BCUT2D eigenvalue weighted by molar-refractivity contribution is 1.24. The van der Waals surface area contributed by atoms with Gasteiger partial charge in [0.15, 0.2) is 0 Å². The van der Waals surface area contributed by atoms with Crippen LogP contribution >= 0.6 is 31.9 Å². The van der Waals surface area contributed by atoms with Crippen molar-refractivity contribution in [1.29, 1.82) is 0 Å². The summed E-state index contributed by atoms with van der Waals surface area (Å²) in [6.07, 6.45) is 1.79. The fourth-order valence-corrected chi connectivity index (χ4v) is 2.67. The second-order valence-corrected chi connectivity index (χ2v) is 5.79. The topological polar surface area (TPSA) is 24.9 Å². The first-order valence-electron chi connectivity index (χ1n) is 5.21. The maximum atomic E-state index is 4.36. The Balaban J connectivity index is 2.31. The van der Waals surface area contributed by atoms with E-state index >= 15 is 0 Å². The molecule has 0 aliphatic heterocycles. The van der Waals surface area contributed by atoms with Gasteiger partial charge < -0.3 is 5.32 Å². The number of hydrogen-bond donors (Lipinski definition) is 1. The lowest BCUT2D eigenvalue weighted by Crippen LogP contribution is -1.96. The normalized spacial score (nSPS) is 10.4. The van der Waals surface area contributed by atoms with Crippen molar-refractivity contribution in [3.63, 3.8) is 0 Å². The van der Waals surface area contributed by atoms with Crippen LogP contribution < -0.4 is 5.32 Å². The molecule has 17 heavy (non-hydrogen) atoms. The first-order chi connectivity index (χ1) is 8.04. The van der Waals surface area contributed by atoms with Gasteiger partial charge in [-0.3, -0.25) is 0 Å². The average Bonchev–Trinajstić information content (AvgIpc) is 2.21. The molecule has 0 bridgehead atoms. The van der Waals surface area contributed by atoms with Crippen LogP contribution in [0.1, 0.15) is 11.1 Å². The molecular formula is C13H12Br2N2. The van der Waals surface area contributed by atoms with E-state index in [0.717, 1.165) is 26.0 Å². The van der Waals surface area contributed by atoms with Crippen LogP contribution in [0, 0.1) is 13.8 Å². The zero-order valence-electron chi connectivity index (χ0n) is 9.59. The Morgan fingerprint density at radius 2 is 1.76 bits per heavy atom. The van der Waals surface area contributed by atoms with Gasteiger partial charge in [-0.1, -0.05) is 15.9 Å². The van der Waals surface area contributed by atoms with Crippen LogP contribution in [0.15, 0.2) is 39.4 Å². The summed E-state index contributed by atoms with van der Waals surface area (Å²) >= 11 is 6.90. The predicted octanol–water partition coefficient (Wildman–Crippen LogP) is 4.97. The molecule has 0 spiro atoms. The SMILES string of the molecule is Cc1cc(Br)cc(Nc2ncc(Br)cc2C)c1. The largest absolute Gasteiger partial charge is 0.340 e. The molecule has 1 N–H and O–H groups in total. The highest BCUT2D eigenvalue weighted by molar-refractivity contribution is 9.10. The van der Waals surface area contributed by atoms with Gasteiger partial charge in [-0.15, -0.1) is 0 Å². The Bertz CT molecular complexity index is 533. The molecule has 2 aromatic rings. The quantitative estimate of drug-likeness (QED) is 0.822. The van der Waals surface area contributed by atoms with E-state index in [2.05, 4.69) is 61.2 Å². The Morgan fingerprint density at radius 3 is 2.41 bits per heavy atom. The predicted molar refractivity (Wildman–Crippen MR) is 78.8 cm³/mol. The zero-order chi connectivity index (χ0) is 12.4. The molecule has 2 nitrogen and oxygen atoms in total. The second kappa shape index (κ2) is 5.19.